The van der Waals surface area contributed by atoms with E-state index in [0.717, 1.165) is 5.56 Å². The highest BCUT2D eigenvalue weighted by Crippen LogP contribution is 2.35. The molecule has 0 bridgehead atoms. The molecule has 0 atom stereocenters. The highest BCUT2D eigenvalue weighted by molar-refractivity contribution is 5.82. The number of ether oxygens (including phenoxy) is 3. The fraction of sp³-hybridized carbons (Fsp3) is 0.211. The summed E-state index contributed by atoms with van der Waals surface area (Å²) in [5.41, 5.74) is -1.55. The first-order valence-electron chi connectivity index (χ1n) is 7.80. The number of hydrogen-bond donors (Lipinski definition) is 0. The highest BCUT2D eigenvalue weighted by Gasteiger charge is 2.33. The Hall–Kier alpha value is -3.16. The molecule has 0 N–H and O–H groups in total. The molecular formula is C19H15F3O5. The van der Waals surface area contributed by atoms with Crippen LogP contribution < -0.4 is 19.8 Å². The van der Waals surface area contributed by atoms with E-state index in [1.165, 1.54) is 32.4 Å². The zero-order valence-electron chi connectivity index (χ0n) is 14.4. The maximum Gasteiger partial charge on any atom is 0.417 e. The van der Waals surface area contributed by atoms with E-state index in [1.54, 1.807) is 18.2 Å². The van der Waals surface area contributed by atoms with Gasteiger partial charge in [0.2, 0.25) is 0 Å². The van der Waals surface area contributed by atoms with E-state index in [1.807, 2.05) is 0 Å². The lowest BCUT2D eigenvalue weighted by atomic mass is 10.1. The molecule has 1 aromatic heterocycles. The molecule has 8 heteroatoms. The zero-order chi connectivity index (χ0) is 19.6. The Labute approximate surface area is 151 Å². The summed E-state index contributed by atoms with van der Waals surface area (Å²) in [5, 5.41) is -0.208. The van der Waals surface area contributed by atoms with Gasteiger partial charge in [-0.2, -0.15) is 13.2 Å². The van der Waals surface area contributed by atoms with E-state index >= 15 is 0 Å². The molecule has 0 spiro atoms. The van der Waals surface area contributed by atoms with Crippen LogP contribution in [0.4, 0.5) is 13.2 Å². The predicted molar refractivity (Wildman–Crippen MR) is 91.4 cm³/mol. The molecule has 0 amide bonds. The number of rotatable bonds is 5. The molecule has 5 nitrogen and oxygen atoms in total. The third-order valence-corrected chi connectivity index (χ3v) is 3.87. The summed E-state index contributed by atoms with van der Waals surface area (Å²) >= 11 is 0. The van der Waals surface area contributed by atoms with Gasteiger partial charge in [-0.05, 0) is 29.8 Å². The van der Waals surface area contributed by atoms with Crippen LogP contribution in [0.15, 0.2) is 51.7 Å². The van der Waals surface area contributed by atoms with Gasteiger partial charge in [0, 0.05) is 17.5 Å². The summed E-state index contributed by atoms with van der Waals surface area (Å²) < 4.78 is 60.0. The van der Waals surface area contributed by atoms with Gasteiger partial charge in [0.1, 0.15) is 17.9 Å². The molecule has 0 aliphatic heterocycles. The molecule has 0 unspecified atom stereocenters. The Morgan fingerprint density at radius 2 is 1.70 bits per heavy atom. The SMILES string of the molecule is COc1ccc(COc2ccc3c(C(F)(F)F)cc(=O)oc3c2)cc1OC. The molecule has 3 rings (SSSR count). The van der Waals surface area contributed by atoms with Crippen LogP contribution in [0.3, 0.4) is 0 Å². The average molecular weight is 380 g/mol. The fourth-order valence-corrected chi connectivity index (χ4v) is 2.60. The molecule has 2 aromatic carbocycles. The van der Waals surface area contributed by atoms with Crippen molar-refractivity contribution >= 4 is 11.0 Å². The lowest BCUT2D eigenvalue weighted by molar-refractivity contribution is -0.136. The Kier molecular flexibility index (Phi) is 4.98. The molecule has 1 heterocycles. The van der Waals surface area contributed by atoms with Crippen LogP contribution in [0.5, 0.6) is 17.2 Å². The number of benzene rings is 2. The summed E-state index contributed by atoms with van der Waals surface area (Å²) in [6, 6.07) is 9.50. The van der Waals surface area contributed by atoms with Crippen molar-refractivity contribution in [3.05, 3.63) is 64.0 Å². The summed E-state index contributed by atoms with van der Waals surface area (Å²) in [6.07, 6.45) is -4.66. The monoisotopic (exact) mass is 380 g/mol. The van der Waals surface area contributed by atoms with E-state index in [4.69, 9.17) is 18.6 Å². The van der Waals surface area contributed by atoms with Crippen molar-refractivity contribution in [1.82, 2.24) is 0 Å². The van der Waals surface area contributed by atoms with Crippen LogP contribution in [0.1, 0.15) is 11.1 Å². The zero-order valence-corrected chi connectivity index (χ0v) is 14.4. The maximum atomic E-state index is 13.1. The van der Waals surface area contributed by atoms with Crippen molar-refractivity contribution in [1.29, 1.82) is 0 Å². The van der Waals surface area contributed by atoms with Gasteiger partial charge < -0.3 is 18.6 Å². The van der Waals surface area contributed by atoms with Crippen molar-refractivity contribution in [3.8, 4) is 17.2 Å². The second kappa shape index (κ2) is 7.22. The fourth-order valence-electron chi connectivity index (χ4n) is 2.60. The van der Waals surface area contributed by atoms with E-state index in [9.17, 15) is 18.0 Å². The van der Waals surface area contributed by atoms with Crippen molar-refractivity contribution in [3.63, 3.8) is 0 Å². The van der Waals surface area contributed by atoms with Gasteiger partial charge in [0.25, 0.3) is 0 Å². The first-order valence-corrected chi connectivity index (χ1v) is 7.80. The van der Waals surface area contributed by atoms with Crippen LogP contribution in [-0.4, -0.2) is 14.2 Å². The van der Waals surface area contributed by atoms with Crippen molar-refractivity contribution in [2.75, 3.05) is 14.2 Å². The predicted octanol–water partition coefficient (Wildman–Crippen LogP) is 4.41. The van der Waals surface area contributed by atoms with Crippen LogP contribution in [0.25, 0.3) is 11.0 Å². The Bertz CT molecular complexity index is 1020. The molecule has 0 aliphatic rings. The molecule has 0 aliphatic carbocycles. The van der Waals surface area contributed by atoms with Crippen LogP contribution in [0, 0.1) is 0 Å². The minimum Gasteiger partial charge on any atom is -0.493 e. The lowest BCUT2D eigenvalue weighted by Crippen LogP contribution is -2.11. The third kappa shape index (κ3) is 3.99. The van der Waals surface area contributed by atoms with Crippen LogP contribution >= 0.6 is 0 Å². The molecule has 0 radical (unpaired) electrons. The number of halogens is 3. The smallest absolute Gasteiger partial charge is 0.417 e. The molecule has 0 fully saturated rings. The third-order valence-electron chi connectivity index (χ3n) is 3.87. The Morgan fingerprint density at radius 3 is 2.37 bits per heavy atom. The van der Waals surface area contributed by atoms with Gasteiger partial charge in [-0.15, -0.1) is 0 Å². The minimum absolute atomic E-state index is 0.134. The van der Waals surface area contributed by atoms with Crippen molar-refractivity contribution in [2.24, 2.45) is 0 Å². The first-order chi connectivity index (χ1) is 12.8. The normalized spacial score (nSPS) is 11.4. The molecule has 0 saturated carbocycles. The number of fused-ring (bicyclic) bond motifs is 1. The maximum absolute atomic E-state index is 13.1. The largest absolute Gasteiger partial charge is 0.493 e. The van der Waals surface area contributed by atoms with E-state index in [0.29, 0.717) is 17.6 Å². The van der Waals surface area contributed by atoms with Crippen molar-refractivity contribution in [2.45, 2.75) is 12.8 Å². The van der Waals surface area contributed by atoms with Gasteiger partial charge in [-0.25, -0.2) is 4.79 Å². The summed E-state index contributed by atoms with van der Waals surface area (Å²) in [4.78, 5) is 11.4. The first kappa shape index (κ1) is 18.6. The van der Waals surface area contributed by atoms with Gasteiger partial charge in [0.05, 0.1) is 19.8 Å². The average Bonchev–Trinajstić information content (AvgIpc) is 2.64. The van der Waals surface area contributed by atoms with Crippen molar-refractivity contribution < 1.29 is 31.8 Å². The topological polar surface area (TPSA) is 57.9 Å². The van der Waals surface area contributed by atoms with E-state index in [2.05, 4.69) is 0 Å². The van der Waals surface area contributed by atoms with Gasteiger partial charge in [-0.1, -0.05) is 6.07 Å². The number of alkyl halides is 3. The molecule has 142 valence electrons. The van der Waals surface area contributed by atoms with Crippen LogP contribution in [0.2, 0.25) is 0 Å². The second-order valence-corrected chi connectivity index (χ2v) is 5.61. The Morgan fingerprint density at radius 1 is 0.963 bits per heavy atom. The van der Waals surface area contributed by atoms with Gasteiger partial charge >= 0.3 is 11.8 Å². The number of methoxy groups -OCH3 is 2. The summed E-state index contributed by atoms with van der Waals surface area (Å²) in [7, 11) is 3.03. The highest BCUT2D eigenvalue weighted by atomic mass is 19.4. The molecule has 3 aromatic rings. The molecular weight excluding hydrogens is 365 g/mol. The molecule has 0 saturated heterocycles. The Balaban J connectivity index is 1.87. The lowest BCUT2D eigenvalue weighted by Gasteiger charge is -2.12. The van der Waals surface area contributed by atoms with Gasteiger partial charge in [0.15, 0.2) is 11.5 Å². The summed E-state index contributed by atoms with van der Waals surface area (Å²) in [5.74, 6) is 1.35. The van der Waals surface area contributed by atoms with E-state index < -0.39 is 17.4 Å². The van der Waals surface area contributed by atoms with Gasteiger partial charge in [-0.3, -0.25) is 0 Å². The summed E-state index contributed by atoms with van der Waals surface area (Å²) in [6.45, 7) is 0.134. The van der Waals surface area contributed by atoms with E-state index in [-0.39, 0.29) is 23.3 Å². The minimum atomic E-state index is -4.66. The number of hydrogen-bond acceptors (Lipinski definition) is 5. The second-order valence-electron chi connectivity index (χ2n) is 5.61. The van der Waals surface area contributed by atoms with Crippen LogP contribution in [-0.2, 0) is 12.8 Å². The standard InChI is InChI=1S/C19H15F3O5/c1-24-15-6-3-11(7-17(15)25-2)10-26-12-4-5-13-14(19(20,21)22)9-18(23)27-16(13)8-12/h3-9H,10H2,1-2H3. The quantitative estimate of drug-likeness (QED) is 0.614. The molecule has 27 heavy (non-hydrogen) atoms.